The number of Topliss-reactive ketones (excluding diaryl/α,β-unsaturated/α-hetero) is 1. The Hall–Kier alpha value is -2.09. The molecule has 0 fully saturated rings. The third kappa shape index (κ3) is 4.19. The average Bonchev–Trinajstić information content (AvgIpc) is 2.47. The molecule has 2 nitrogen and oxygen atoms in total. The highest BCUT2D eigenvalue weighted by molar-refractivity contribution is 5.97. The molecule has 110 valence electrons. The van der Waals surface area contributed by atoms with Crippen molar-refractivity contribution >= 4 is 5.78 Å². The lowest BCUT2D eigenvalue weighted by molar-refractivity contribution is 0.0921. The molecule has 0 unspecified atom stereocenters. The van der Waals surface area contributed by atoms with E-state index in [0.717, 1.165) is 24.2 Å². The molecule has 0 bridgehead atoms. The van der Waals surface area contributed by atoms with Crippen LogP contribution in [0.1, 0.15) is 40.4 Å². The minimum atomic E-state index is 0.0121. The van der Waals surface area contributed by atoms with Gasteiger partial charge in [0.15, 0.2) is 12.4 Å². The summed E-state index contributed by atoms with van der Waals surface area (Å²) in [4.78, 5) is 12.1. The molecule has 0 radical (unpaired) electrons. The van der Waals surface area contributed by atoms with Crippen molar-refractivity contribution in [2.45, 2.75) is 33.6 Å². The Morgan fingerprint density at radius 1 is 1.05 bits per heavy atom. The summed E-state index contributed by atoms with van der Waals surface area (Å²) in [6, 6.07) is 13.8. The van der Waals surface area contributed by atoms with Gasteiger partial charge in [0.05, 0.1) is 0 Å². The minimum Gasteiger partial charge on any atom is -0.485 e. The van der Waals surface area contributed by atoms with Crippen LogP contribution in [0.3, 0.4) is 0 Å². The molecule has 0 saturated carbocycles. The molecule has 0 heterocycles. The molecule has 2 heteroatoms. The van der Waals surface area contributed by atoms with E-state index in [9.17, 15) is 4.79 Å². The zero-order valence-corrected chi connectivity index (χ0v) is 13.0. The van der Waals surface area contributed by atoms with E-state index in [1.165, 1.54) is 11.1 Å². The van der Waals surface area contributed by atoms with Crippen LogP contribution in [0, 0.1) is 13.8 Å². The Bertz CT molecular complexity index is 612. The molecular weight excluding hydrogens is 260 g/mol. The summed E-state index contributed by atoms with van der Waals surface area (Å²) in [7, 11) is 0. The number of hydrogen-bond acceptors (Lipinski definition) is 2. The lowest BCUT2D eigenvalue weighted by Gasteiger charge is -2.09. The van der Waals surface area contributed by atoms with Crippen molar-refractivity contribution < 1.29 is 9.53 Å². The molecular formula is C19H22O2. The van der Waals surface area contributed by atoms with Crippen LogP contribution >= 0.6 is 0 Å². The van der Waals surface area contributed by atoms with Gasteiger partial charge in [0.2, 0.25) is 0 Å². The first-order valence-corrected chi connectivity index (χ1v) is 7.42. The summed E-state index contributed by atoms with van der Waals surface area (Å²) in [5.41, 5.74) is 4.22. The molecule has 0 N–H and O–H groups in total. The molecule has 2 aromatic carbocycles. The molecule has 0 atom stereocenters. The second-order valence-corrected chi connectivity index (χ2v) is 5.43. The molecule has 0 amide bonds. The Balaban J connectivity index is 1.98. The molecule has 0 aliphatic rings. The number of hydrogen-bond donors (Lipinski definition) is 0. The number of aryl methyl sites for hydroxylation is 3. The largest absolute Gasteiger partial charge is 0.485 e. The Morgan fingerprint density at radius 2 is 1.76 bits per heavy atom. The van der Waals surface area contributed by atoms with E-state index in [4.69, 9.17) is 4.74 Å². The van der Waals surface area contributed by atoms with E-state index in [1.807, 2.05) is 50.2 Å². The zero-order chi connectivity index (χ0) is 15.2. The summed E-state index contributed by atoms with van der Waals surface area (Å²) in [5, 5.41) is 0. The quantitative estimate of drug-likeness (QED) is 0.728. The average molecular weight is 282 g/mol. The van der Waals surface area contributed by atoms with Crippen LogP contribution in [-0.2, 0) is 6.42 Å². The van der Waals surface area contributed by atoms with Crippen molar-refractivity contribution in [1.82, 2.24) is 0 Å². The van der Waals surface area contributed by atoms with Gasteiger partial charge in [-0.1, -0.05) is 55.3 Å². The number of carbonyl (C=O) groups excluding carboxylic acids is 1. The van der Waals surface area contributed by atoms with Crippen LogP contribution in [0.15, 0.2) is 42.5 Å². The first-order chi connectivity index (χ1) is 10.1. The fraction of sp³-hybridized carbons (Fsp3) is 0.316. The maximum atomic E-state index is 12.1. The highest BCUT2D eigenvalue weighted by atomic mass is 16.5. The number of rotatable bonds is 6. The third-order valence-corrected chi connectivity index (χ3v) is 3.50. The normalized spacial score (nSPS) is 10.4. The standard InChI is InChI=1S/C19H22O2/c1-4-5-16-7-9-17(10-8-16)18(20)13-21-19-11-6-14(2)12-15(19)3/h6-12H,4-5,13H2,1-3H3. The van der Waals surface area contributed by atoms with Gasteiger partial charge in [0.1, 0.15) is 5.75 Å². The van der Waals surface area contributed by atoms with Gasteiger partial charge < -0.3 is 4.74 Å². The zero-order valence-electron chi connectivity index (χ0n) is 13.0. The van der Waals surface area contributed by atoms with Gasteiger partial charge in [-0.05, 0) is 37.5 Å². The van der Waals surface area contributed by atoms with E-state index in [1.54, 1.807) is 0 Å². The van der Waals surface area contributed by atoms with Gasteiger partial charge in [-0.15, -0.1) is 0 Å². The predicted octanol–water partition coefficient (Wildman–Crippen LogP) is 4.52. The SMILES string of the molecule is CCCc1ccc(C(=O)COc2ccc(C)cc2C)cc1. The van der Waals surface area contributed by atoms with Gasteiger partial charge in [-0.2, -0.15) is 0 Å². The predicted molar refractivity (Wildman–Crippen MR) is 86.2 cm³/mol. The number of ether oxygens (including phenoxy) is 1. The van der Waals surface area contributed by atoms with Crippen molar-refractivity contribution in [1.29, 1.82) is 0 Å². The fourth-order valence-corrected chi connectivity index (χ4v) is 2.33. The Morgan fingerprint density at radius 3 is 2.38 bits per heavy atom. The first-order valence-electron chi connectivity index (χ1n) is 7.42. The van der Waals surface area contributed by atoms with E-state index >= 15 is 0 Å². The summed E-state index contributed by atoms with van der Waals surface area (Å²) in [6.45, 7) is 6.26. The van der Waals surface area contributed by atoms with Crippen LogP contribution in [0.2, 0.25) is 0 Å². The van der Waals surface area contributed by atoms with Crippen molar-refractivity contribution in [3.63, 3.8) is 0 Å². The topological polar surface area (TPSA) is 26.3 Å². The van der Waals surface area contributed by atoms with Crippen LogP contribution in [0.5, 0.6) is 5.75 Å². The van der Waals surface area contributed by atoms with E-state index < -0.39 is 0 Å². The van der Waals surface area contributed by atoms with E-state index in [2.05, 4.69) is 13.0 Å². The number of ketones is 1. The summed E-state index contributed by atoms with van der Waals surface area (Å²) < 4.78 is 5.64. The smallest absolute Gasteiger partial charge is 0.200 e. The van der Waals surface area contributed by atoms with Gasteiger partial charge in [-0.25, -0.2) is 0 Å². The van der Waals surface area contributed by atoms with E-state index in [-0.39, 0.29) is 12.4 Å². The summed E-state index contributed by atoms with van der Waals surface area (Å²) in [5.74, 6) is 0.787. The molecule has 0 spiro atoms. The second-order valence-electron chi connectivity index (χ2n) is 5.43. The minimum absolute atomic E-state index is 0.0121. The lowest BCUT2D eigenvalue weighted by atomic mass is 10.1. The van der Waals surface area contributed by atoms with Crippen LogP contribution in [0.4, 0.5) is 0 Å². The number of benzene rings is 2. The van der Waals surface area contributed by atoms with Gasteiger partial charge in [0.25, 0.3) is 0 Å². The van der Waals surface area contributed by atoms with Gasteiger partial charge in [0, 0.05) is 5.56 Å². The van der Waals surface area contributed by atoms with Gasteiger partial charge in [-0.3, -0.25) is 4.79 Å². The maximum Gasteiger partial charge on any atom is 0.200 e. The van der Waals surface area contributed by atoms with Crippen molar-refractivity contribution in [2.75, 3.05) is 6.61 Å². The van der Waals surface area contributed by atoms with Crippen molar-refractivity contribution in [3.8, 4) is 5.75 Å². The summed E-state index contributed by atoms with van der Waals surface area (Å²) in [6.07, 6.45) is 2.16. The van der Waals surface area contributed by atoms with Crippen LogP contribution in [-0.4, -0.2) is 12.4 Å². The first kappa shape index (κ1) is 15.3. The van der Waals surface area contributed by atoms with Crippen LogP contribution in [0.25, 0.3) is 0 Å². The monoisotopic (exact) mass is 282 g/mol. The third-order valence-electron chi connectivity index (χ3n) is 3.50. The molecule has 0 aliphatic carbocycles. The highest BCUT2D eigenvalue weighted by Crippen LogP contribution is 2.19. The fourth-order valence-electron chi connectivity index (χ4n) is 2.33. The van der Waals surface area contributed by atoms with Crippen molar-refractivity contribution in [3.05, 3.63) is 64.7 Å². The highest BCUT2D eigenvalue weighted by Gasteiger charge is 2.08. The maximum absolute atomic E-state index is 12.1. The molecule has 2 rings (SSSR count). The molecule has 0 aromatic heterocycles. The number of carbonyl (C=O) groups is 1. The summed E-state index contributed by atoms with van der Waals surface area (Å²) >= 11 is 0. The lowest BCUT2D eigenvalue weighted by Crippen LogP contribution is -2.12. The second kappa shape index (κ2) is 7.07. The Kier molecular flexibility index (Phi) is 5.15. The molecule has 21 heavy (non-hydrogen) atoms. The molecule has 0 aliphatic heterocycles. The van der Waals surface area contributed by atoms with Gasteiger partial charge >= 0.3 is 0 Å². The van der Waals surface area contributed by atoms with Crippen molar-refractivity contribution in [2.24, 2.45) is 0 Å². The molecule has 0 saturated heterocycles. The van der Waals surface area contributed by atoms with E-state index in [0.29, 0.717) is 5.56 Å². The Labute approximate surface area is 126 Å². The molecule has 2 aromatic rings. The van der Waals surface area contributed by atoms with Crippen LogP contribution < -0.4 is 4.74 Å².